The molecular formula is C26H21N3O3S2. The van der Waals surface area contributed by atoms with Crippen LogP contribution < -0.4 is 9.62 Å². The highest BCUT2D eigenvalue weighted by molar-refractivity contribution is 7.92. The largest absolute Gasteiger partial charge is 0.298 e. The van der Waals surface area contributed by atoms with Crippen molar-refractivity contribution in [1.29, 1.82) is 0 Å². The maximum atomic E-state index is 12.6. The molecule has 0 radical (unpaired) electrons. The van der Waals surface area contributed by atoms with E-state index >= 15 is 0 Å². The number of rotatable bonds is 5. The van der Waals surface area contributed by atoms with E-state index in [1.54, 1.807) is 36.4 Å². The van der Waals surface area contributed by atoms with Crippen LogP contribution in [0.1, 0.15) is 21.5 Å². The number of sulfonamides is 1. The van der Waals surface area contributed by atoms with E-state index < -0.39 is 10.0 Å². The topological polar surface area (TPSA) is 79.4 Å². The molecule has 0 spiro atoms. The molecule has 0 aliphatic carbocycles. The fourth-order valence-corrected chi connectivity index (χ4v) is 4.26. The first-order valence-corrected chi connectivity index (χ1v) is 13.0. The first kappa shape index (κ1) is 23.2. The Balaban J connectivity index is 1.41. The lowest BCUT2D eigenvalue weighted by Crippen LogP contribution is -2.24. The average molecular weight is 488 g/mol. The molecule has 3 aromatic carbocycles. The zero-order valence-corrected chi connectivity index (χ0v) is 20.2. The second-order valence-corrected chi connectivity index (χ2v) is 10.3. The third-order valence-corrected chi connectivity index (χ3v) is 6.98. The van der Waals surface area contributed by atoms with E-state index in [2.05, 4.69) is 22.1 Å². The van der Waals surface area contributed by atoms with Gasteiger partial charge in [0.15, 0.2) is 5.13 Å². The number of benzene rings is 3. The van der Waals surface area contributed by atoms with E-state index in [1.807, 2.05) is 47.8 Å². The van der Waals surface area contributed by atoms with Crippen LogP contribution in [0.4, 0.5) is 10.8 Å². The van der Waals surface area contributed by atoms with Crippen LogP contribution in [0.3, 0.4) is 0 Å². The Bertz CT molecular complexity index is 1470. The molecule has 0 aliphatic rings. The van der Waals surface area contributed by atoms with E-state index in [4.69, 9.17) is 0 Å². The van der Waals surface area contributed by atoms with Crippen molar-refractivity contribution < 1.29 is 13.2 Å². The summed E-state index contributed by atoms with van der Waals surface area (Å²) in [6, 6.07) is 23.8. The van der Waals surface area contributed by atoms with Crippen LogP contribution in [-0.4, -0.2) is 32.6 Å². The number of carbonyl (C=O) groups excluding carboxylic acids is 1. The van der Waals surface area contributed by atoms with Crippen LogP contribution in [0, 0.1) is 11.8 Å². The van der Waals surface area contributed by atoms with Gasteiger partial charge in [-0.05, 0) is 48.5 Å². The van der Waals surface area contributed by atoms with Gasteiger partial charge in [0, 0.05) is 34.7 Å². The van der Waals surface area contributed by atoms with Crippen molar-refractivity contribution in [2.24, 2.45) is 0 Å². The zero-order valence-electron chi connectivity index (χ0n) is 18.5. The van der Waals surface area contributed by atoms with Gasteiger partial charge in [-0.2, -0.15) is 0 Å². The summed E-state index contributed by atoms with van der Waals surface area (Å²) in [6.07, 6.45) is 1.15. The predicted octanol–water partition coefficient (Wildman–Crippen LogP) is 4.86. The molecule has 0 atom stereocenters. The number of carbonyl (C=O) groups is 1. The lowest BCUT2D eigenvalue weighted by Gasteiger charge is -2.16. The highest BCUT2D eigenvalue weighted by atomic mass is 32.2. The molecule has 34 heavy (non-hydrogen) atoms. The van der Waals surface area contributed by atoms with Gasteiger partial charge in [0.1, 0.15) is 0 Å². The quantitative estimate of drug-likeness (QED) is 0.408. The second kappa shape index (κ2) is 9.91. The summed E-state index contributed by atoms with van der Waals surface area (Å²) in [4.78, 5) is 17.1. The highest BCUT2D eigenvalue weighted by Crippen LogP contribution is 2.27. The van der Waals surface area contributed by atoms with Gasteiger partial charge in [-0.25, -0.2) is 13.4 Å². The third-order valence-electron chi connectivity index (χ3n) is 5.02. The van der Waals surface area contributed by atoms with Crippen molar-refractivity contribution in [2.75, 3.05) is 22.9 Å². The normalized spacial score (nSPS) is 10.8. The molecule has 1 amide bonds. The number of amides is 1. The predicted molar refractivity (Wildman–Crippen MR) is 138 cm³/mol. The average Bonchev–Trinajstić information content (AvgIpc) is 3.31. The summed E-state index contributed by atoms with van der Waals surface area (Å²) < 4.78 is 24.6. The number of nitrogens with one attached hydrogen (secondary N) is 1. The molecule has 0 aliphatic heterocycles. The van der Waals surface area contributed by atoms with E-state index in [0.717, 1.165) is 22.9 Å². The van der Waals surface area contributed by atoms with Crippen molar-refractivity contribution >= 4 is 38.1 Å². The molecule has 4 aromatic rings. The molecule has 4 rings (SSSR count). The smallest absolute Gasteiger partial charge is 0.257 e. The Labute approximate surface area is 203 Å². The first-order valence-electron chi connectivity index (χ1n) is 10.3. The molecule has 6 nitrogen and oxygen atoms in total. The van der Waals surface area contributed by atoms with Crippen LogP contribution in [0.2, 0.25) is 0 Å². The van der Waals surface area contributed by atoms with Crippen LogP contribution in [0.15, 0.2) is 84.2 Å². The van der Waals surface area contributed by atoms with Gasteiger partial charge in [0.05, 0.1) is 17.6 Å². The molecular weight excluding hydrogens is 466 g/mol. The molecule has 0 fully saturated rings. The SMILES string of the molecule is CN(c1ccc(-c2csc(NC(=O)c3ccc(C#Cc4ccccc4)cc3)n2)cc1)S(C)(=O)=O. The van der Waals surface area contributed by atoms with Crippen molar-refractivity contribution in [3.05, 3.63) is 101 Å². The number of hydrogen-bond donors (Lipinski definition) is 1. The molecule has 0 saturated carbocycles. The molecule has 170 valence electrons. The molecule has 8 heteroatoms. The van der Waals surface area contributed by atoms with Crippen LogP contribution >= 0.6 is 11.3 Å². The van der Waals surface area contributed by atoms with E-state index in [0.29, 0.717) is 22.1 Å². The molecule has 1 heterocycles. The Hall–Kier alpha value is -3.93. The Morgan fingerprint density at radius 1 is 0.912 bits per heavy atom. The van der Waals surface area contributed by atoms with Gasteiger partial charge in [-0.15, -0.1) is 11.3 Å². The summed E-state index contributed by atoms with van der Waals surface area (Å²) in [5.41, 5.74) is 4.34. The van der Waals surface area contributed by atoms with E-state index in [-0.39, 0.29) is 5.91 Å². The number of anilines is 2. The molecule has 1 aromatic heterocycles. The summed E-state index contributed by atoms with van der Waals surface area (Å²) >= 11 is 1.32. The minimum atomic E-state index is -3.32. The van der Waals surface area contributed by atoms with Gasteiger partial charge < -0.3 is 0 Å². The third kappa shape index (κ3) is 5.70. The Morgan fingerprint density at radius 3 is 2.15 bits per heavy atom. The standard InChI is InChI=1S/C26H21N3O3S2/c1-29(34(2,31)32)23-16-14-21(15-17-23)24-18-33-26(27-24)28-25(30)22-12-10-20(11-13-22)9-8-19-6-4-3-5-7-19/h3-7,10-18H,1-2H3,(H,27,28,30). The van der Waals surface area contributed by atoms with E-state index in [9.17, 15) is 13.2 Å². The van der Waals surface area contributed by atoms with Gasteiger partial charge in [-0.3, -0.25) is 14.4 Å². The molecule has 1 N–H and O–H groups in total. The monoisotopic (exact) mass is 487 g/mol. The highest BCUT2D eigenvalue weighted by Gasteiger charge is 2.13. The van der Waals surface area contributed by atoms with Crippen molar-refractivity contribution in [3.63, 3.8) is 0 Å². The lowest BCUT2D eigenvalue weighted by molar-refractivity contribution is 0.102. The minimum absolute atomic E-state index is 0.256. The number of nitrogens with zero attached hydrogens (tertiary/aromatic N) is 2. The van der Waals surface area contributed by atoms with Gasteiger partial charge in [0.2, 0.25) is 10.0 Å². The van der Waals surface area contributed by atoms with Crippen LogP contribution in [0.5, 0.6) is 0 Å². The Kier molecular flexibility index (Phi) is 6.77. The van der Waals surface area contributed by atoms with Gasteiger partial charge in [-0.1, -0.05) is 42.2 Å². The van der Waals surface area contributed by atoms with Crippen LogP contribution in [0.25, 0.3) is 11.3 Å². The second-order valence-electron chi connectivity index (χ2n) is 7.46. The lowest BCUT2D eigenvalue weighted by atomic mass is 10.1. The minimum Gasteiger partial charge on any atom is -0.298 e. The number of aromatic nitrogens is 1. The summed E-state index contributed by atoms with van der Waals surface area (Å²) in [5.74, 6) is 5.93. The fourth-order valence-electron chi connectivity index (χ4n) is 3.04. The van der Waals surface area contributed by atoms with Crippen molar-refractivity contribution in [3.8, 4) is 23.1 Å². The Morgan fingerprint density at radius 2 is 1.53 bits per heavy atom. The van der Waals surface area contributed by atoms with Gasteiger partial charge in [0.25, 0.3) is 5.91 Å². The maximum Gasteiger partial charge on any atom is 0.257 e. The molecule has 0 unspecified atom stereocenters. The number of hydrogen-bond acceptors (Lipinski definition) is 5. The maximum absolute atomic E-state index is 12.6. The van der Waals surface area contributed by atoms with Crippen molar-refractivity contribution in [2.45, 2.75) is 0 Å². The molecule has 0 bridgehead atoms. The van der Waals surface area contributed by atoms with Crippen LogP contribution in [-0.2, 0) is 10.0 Å². The summed E-state index contributed by atoms with van der Waals surface area (Å²) in [5, 5.41) is 5.14. The fraction of sp³-hybridized carbons (Fsp3) is 0.0769. The van der Waals surface area contributed by atoms with E-state index in [1.165, 1.54) is 22.7 Å². The number of thiazole rings is 1. The first-order chi connectivity index (χ1) is 16.3. The molecule has 0 saturated heterocycles. The van der Waals surface area contributed by atoms with Crippen molar-refractivity contribution in [1.82, 2.24) is 4.98 Å². The summed E-state index contributed by atoms with van der Waals surface area (Å²) in [7, 11) is -1.82. The summed E-state index contributed by atoms with van der Waals surface area (Å²) in [6.45, 7) is 0. The van der Waals surface area contributed by atoms with Gasteiger partial charge >= 0.3 is 0 Å². The zero-order chi connectivity index (χ0) is 24.1.